The second-order valence-electron chi connectivity index (χ2n) is 9.39. The Labute approximate surface area is 223 Å². The summed E-state index contributed by atoms with van der Waals surface area (Å²) in [5.41, 5.74) is 1.37. The fraction of sp³-hybridized carbons (Fsp3) is 0.219. The van der Waals surface area contributed by atoms with Crippen LogP contribution in [0.3, 0.4) is 0 Å². The van der Waals surface area contributed by atoms with Gasteiger partial charge in [-0.15, -0.1) is 0 Å². The summed E-state index contributed by atoms with van der Waals surface area (Å²) in [6, 6.07) is 40.3. The Kier molecular flexibility index (Phi) is 8.77. The van der Waals surface area contributed by atoms with E-state index in [1.54, 1.807) is 12.1 Å². The van der Waals surface area contributed by atoms with Crippen LogP contribution in [-0.2, 0) is 6.42 Å². The quantitative estimate of drug-likeness (QED) is 0.142. The van der Waals surface area contributed by atoms with Crippen LogP contribution in [-0.4, -0.2) is 17.2 Å². The number of hydrogen-bond acceptors (Lipinski definition) is 1. The average Bonchev–Trinajstić information content (AvgIpc) is 2.94. The van der Waals surface area contributed by atoms with Crippen LogP contribution in [0.15, 0.2) is 115 Å². The molecule has 2 nitrogen and oxygen atoms in total. The molecule has 0 saturated carbocycles. The normalized spacial score (nSPS) is 12.5. The fourth-order valence-electron chi connectivity index (χ4n) is 5.25. The molecular formula is C32H34BrO2P. The number of carboxylic acids is 1. The molecule has 0 aliphatic carbocycles. The number of rotatable bonds is 12. The second kappa shape index (κ2) is 12.0. The summed E-state index contributed by atoms with van der Waals surface area (Å²) in [5, 5.41) is 10.7. The van der Waals surface area contributed by atoms with Crippen LogP contribution >= 0.6 is 20.8 Å². The van der Waals surface area contributed by atoms with Crippen molar-refractivity contribution in [2.75, 3.05) is 6.16 Å². The number of unbranched alkanes of at least 4 members (excludes halogenated alkanes) is 4. The molecule has 0 aliphatic heterocycles. The minimum atomic E-state index is -2.83. The van der Waals surface area contributed by atoms with Crippen molar-refractivity contribution >= 4 is 42.7 Å². The molecule has 0 atom stereocenters. The number of aromatic carboxylic acids is 1. The van der Waals surface area contributed by atoms with E-state index in [1.807, 2.05) is 12.1 Å². The van der Waals surface area contributed by atoms with Crippen LogP contribution in [0.2, 0.25) is 0 Å². The van der Waals surface area contributed by atoms with Crippen molar-refractivity contribution in [1.82, 2.24) is 0 Å². The van der Waals surface area contributed by atoms with Crippen molar-refractivity contribution in [2.45, 2.75) is 38.5 Å². The molecule has 0 bridgehead atoms. The molecule has 1 N–H and O–H groups in total. The molecular weight excluding hydrogens is 527 g/mol. The first-order valence-corrected chi connectivity index (χ1v) is 17.2. The summed E-state index contributed by atoms with van der Waals surface area (Å²) in [6.07, 6.45) is 7.41. The molecule has 0 amide bonds. The first-order valence-electron chi connectivity index (χ1n) is 12.7. The standard InChI is InChI=1S/C32H34BrO2P/c33-36(28-19-8-4-9-20-28,29-21-10-5-11-22-29,30-23-12-6-13-24-30)26-16-3-1-2-7-17-27-18-14-15-25-31(27)32(34)35/h4-6,8-15,18-25H,1-3,7,16-17,26H2,(H,34,35). The maximum atomic E-state index is 11.5. The van der Waals surface area contributed by atoms with E-state index in [2.05, 4.69) is 106 Å². The van der Waals surface area contributed by atoms with Gasteiger partial charge in [-0.25, -0.2) is 0 Å². The molecule has 4 aromatic carbocycles. The Bertz CT molecular complexity index is 1160. The predicted octanol–water partition coefficient (Wildman–Crippen LogP) is 7.72. The van der Waals surface area contributed by atoms with Gasteiger partial charge in [0.1, 0.15) is 0 Å². The average molecular weight is 562 g/mol. The van der Waals surface area contributed by atoms with Gasteiger partial charge in [-0.1, -0.05) is 0 Å². The van der Waals surface area contributed by atoms with Crippen LogP contribution < -0.4 is 15.9 Å². The number of aryl methyl sites for hydroxylation is 1. The molecule has 0 radical (unpaired) electrons. The van der Waals surface area contributed by atoms with E-state index in [9.17, 15) is 9.90 Å². The van der Waals surface area contributed by atoms with Crippen molar-refractivity contribution < 1.29 is 9.90 Å². The number of hydrogen-bond donors (Lipinski definition) is 1. The molecule has 0 unspecified atom stereocenters. The van der Waals surface area contributed by atoms with Crippen LogP contribution in [0.4, 0.5) is 0 Å². The zero-order valence-corrected chi connectivity index (χ0v) is 23.1. The van der Waals surface area contributed by atoms with Gasteiger partial charge in [-0.3, -0.25) is 0 Å². The van der Waals surface area contributed by atoms with Gasteiger partial charge in [0.2, 0.25) is 0 Å². The van der Waals surface area contributed by atoms with Crippen molar-refractivity contribution in [3.05, 3.63) is 126 Å². The maximum absolute atomic E-state index is 11.5. The van der Waals surface area contributed by atoms with Gasteiger partial charge in [0.05, 0.1) is 0 Å². The van der Waals surface area contributed by atoms with Gasteiger partial charge in [0, 0.05) is 0 Å². The summed E-state index contributed by atoms with van der Waals surface area (Å²) in [7, 11) is 0. The molecule has 36 heavy (non-hydrogen) atoms. The van der Waals surface area contributed by atoms with Gasteiger partial charge in [-0.05, 0) is 0 Å². The molecule has 4 aromatic rings. The van der Waals surface area contributed by atoms with Gasteiger partial charge in [0.15, 0.2) is 0 Å². The Morgan fingerprint density at radius 2 is 1.00 bits per heavy atom. The van der Waals surface area contributed by atoms with E-state index in [1.165, 1.54) is 15.9 Å². The second-order valence-corrected chi connectivity index (χ2v) is 18.5. The van der Waals surface area contributed by atoms with Crippen molar-refractivity contribution in [2.24, 2.45) is 0 Å². The third kappa shape index (κ3) is 5.48. The summed E-state index contributed by atoms with van der Waals surface area (Å²) in [6.45, 7) is 0. The zero-order chi connectivity index (χ0) is 25.3. The van der Waals surface area contributed by atoms with Gasteiger partial charge in [0.25, 0.3) is 0 Å². The summed E-state index contributed by atoms with van der Waals surface area (Å²) in [4.78, 5) is 11.5. The van der Waals surface area contributed by atoms with E-state index in [4.69, 9.17) is 0 Å². The number of halogens is 1. The van der Waals surface area contributed by atoms with Crippen molar-refractivity contribution in [3.8, 4) is 0 Å². The van der Waals surface area contributed by atoms with Gasteiger partial charge < -0.3 is 0 Å². The molecule has 0 heterocycles. The van der Waals surface area contributed by atoms with E-state index in [-0.39, 0.29) is 0 Å². The monoisotopic (exact) mass is 560 g/mol. The Morgan fingerprint density at radius 1 is 0.583 bits per heavy atom. The number of carbonyl (C=O) groups is 1. The number of benzene rings is 4. The molecule has 0 fully saturated rings. The van der Waals surface area contributed by atoms with Crippen molar-refractivity contribution in [1.29, 1.82) is 0 Å². The third-order valence-electron chi connectivity index (χ3n) is 7.16. The third-order valence-corrected chi connectivity index (χ3v) is 17.2. The van der Waals surface area contributed by atoms with Crippen LogP contribution in [0, 0.1) is 0 Å². The van der Waals surface area contributed by atoms with E-state index in [0.717, 1.165) is 50.3 Å². The van der Waals surface area contributed by atoms with Crippen LogP contribution in [0.25, 0.3) is 0 Å². The topological polar surface area (TPSA) is 37.3 Å². The van der Waals surface area contributed by atoms with Crippen LogP contribution in [0.5, 0.6) is 0 Å². The minimum absolute atomic E-state index is 0.433. The molecule has 0 saturated heterocycles. The molecule has 4 rings (SSSR count). The molecule has 0 spiro atoms. The van der Waals surface area contributed by atoms with Crippen LogP contribution in [0.1, 0.15) is 48.0 Å². The SMILES string of the molecule is O=C(O)c1ccccc1CCCCCCCP(Br)(c1ccccc1)(c1ccccc1)c1ccccc1. The number of carboxylic acid groups (broad SMARTS) is 1. The summed E-state index contributed by atoms with van der Waals surface area (Å²) in [5.74, 6) is -0.836. The predicted molar refractivity (Wildman–Crippen MR) is 159 cm³/mol. The molecule has 0 aromatic heterocycles. The zero-order valence-electron chi connectivity index (χ0n) is 20.6. The molecule has 186 valence electrons. The van der Waals surface area contributed by atoms with E-state index in [0.29, 0.717) is 5.56 Å². The molecule has 4 heteroatoms. The Balaban J connectivity index is 1.49. The van der Waals surface area contributed by atoms with Crippen molar-refractivity contribution in [3.63, 3.8) is 0 Å². The van der Waals surface area contributed by atoms with E-state index >= 15 is 0 Å². The van der Waals surface area contributed by atoms with E-state index < -0.39 is 11.3 Å². The van der Waals surface area contributed by atoms with Gasteiger partial charge >= 0.3 is 224 Å². The van der Waals surface area contributed by atoms with Gasteiger partial charge in [-0.2, -0.15) is 0 Å². The Morgan fingerprint density at radius 3 is 1.50 bits per heavy atom. The Hall–Kier alpha value is -2.74. The summed E-state index contributed by atoms with van der Waals surface area (Å²) >= 11 is 4.53. The fourth-order valence-corrected chi connectivity index (χ4v) is 13.0. The first kappa shape index (κ1) is 26.3. The summed E-state index contributed by atoms with van der Waals surface area (Å²) < 4.78 is 0. The first-order chi connectivity index (χ1) is 17.5. The molecule has 0 aliphatic rings.